The smallest absolute Gasteiger partial charge is 0.207 e. The highest BCUT2D eigenvalue weighted by molar-refractivity contribution is 7.89. The first-order chi connectivity index (χ1) is 9.37. The maximum absolute atomic E-state index is 12.2. The fraction of sp³-hybridized carbons (Fsp3) is 0.250. The third-order valence-corrected chi connectivity index (χ3v) is 4.50. The predicted octanol–water partition coefficient (Wildman–Crippen LogP) is 3.09. The highest BCUT2D eigenvalue weighted by atomic mass is 32.2. The van der Waals surface area contributed by atoms with Crippen LogP contribution >= 0.6 is 0 Å². The minimum atomic E-state index is -3.45. The Bertz CT molecular complexity index is 684. The largest absolute Gasteiger partial charge is 0.240 e. The highest BCUT2D eigenvalue weighted by Crippen LogP contribution is 2.12. The van der Waals surface area contributed by atoms with Crippen molar-refractivity contribution < 1.29 is 8.42 Å². The van der Waals surface area contributed by atoms with Crippen LogP contribution in [0.2, 0.25) is 0 Å². The lowest BCUT2D eigenvalue weighted by Crippen LogP contribution is -2.23. The molecule has 0 aliphatic rings. The minimum absolute atomic E-state index is 0.299. The van der Waals surface area contributed by atoms with Gasteiger partial charge in [0.2, 0.25) is 10.0 Å². The first-order valence-corrected chi connectivity index (χ1v) is 7.99. The van der Waals surface area contributed by atoms with Crippen molar-refractivity contribution in [3.8, 4) is 0 Å². The van der Waals surface area contributed by atoms with Gasteiger partial charge in [-0.25, -0.2) is 13.1 Å². The van der Waals surface area contributed by atoms with Crippen molar-refractivity contribution in [2.45, 2.75) is 32.2 Å². The van der Waals surface area contributed by atoms with Gasteiger partial charge in [0, 0.05) is 6.54 Å². The molecule has 20 heavy (non-hydrogen) atoms. The molecule has 0 unspecified atom stereocenters. The van der Waals surface area contributed by atoms with Gasteiger partial charge in [0.25, 0.3) is 0 Å². The van der Waals surface area contributed by atoms with Crippen molar-refractivity contribution in [3.05, 3.63) is 64.7 Å². The van der Waals surface area contributed by atoms with Gasteiger partial charge in [-0.3, -0.25) is 0 Å². The normalized spacial score (nSPS) is 11.6. The Labute approximate surface area is 120 Å². The highest BCUT2D eigenvalue weighted by Gasteiger charge is 2.13. The summed E-state index contributed by atoms with van der Waals surface area (Å²) in [7, 11) is -3.45. The van der Waals surface area contributed by atoms with Gasteiger partial charge in [-0.2, -0.15) is 0 Å². The SMILES string of the molecule is Cc1ccc(S(=O)(=O)NCc2cc(C)cc(C)c2)cc1. The Kier molecular flexibility index (Phi) is 4.26. The van der Waals surface area contributed by atoms with Gasteiger partial charge >= 0.3 is 0 Å². The summed E-state index contributed by atoms with van der Waals surface area (Å²) in [6, 6.07) is 12.9. The van der Waals surface area contributed by atoms with Gasteiger partial charge in [0.1, 0.15) is 0 Å². The van der Waals surface area contributed by atoms with Gasteiger partial charge in [0.15, 0.2) is 0 Å². The number of sulfonamides is 1. The molecule has 0 saturated heterocycles. The molecule has 0 atom stereocenters. The molecule has 0 radical (unpaired) electrons. The summed E-state index contributed by atoms with van der Waals surface area (Å²) >= 11 is 0. The van der Waals surface area contributed by atoms with E-state index in [9.17, 15) is 8.42 Å². The quantitative estimate of drug-likeness (QED) is 0.940. The third kappa shape index (κ3) is 3.68. The topological polar surface area (TPSA) is 46.2 Å². The van der Waals surface area contributed by atoms with E-state index in [4.69, 9.17) is 0 Å². The number of benzene rings is 2. The second-order valence-electron chi connectivity index (χ2n) is 5.13. The van der Waals surface area contributed by atoms with Gasteiger partial charge < -0.3 is 0 Å². The van der Waals surface area contributed by atoms with E-state index in [2.05, 4.69) is 10.8 Å². The van der Waals surface area contributed by atoms with Gasteiger partial charge in [-0.1, -0.05) is 47.0 Å². The molecule has 0 heterocycles. The van der Waals surface area contributed by atoms with Crippen LogP contribution in [-0.4, -0.2) is 8.42 Å². The lowest BCUT2D eigenvalue weighted by Gasteiger charge is -2.08. The Morgan fingerprint density at radius 1 is 0.850 bits per heavy atom. The van der Waals surface area contributed by atoms with Crippen molar-refractivity contribution in [3.63, 3.8) is 0 Å². The summed E-state index contributed by atoms with van der Waals surface area (Å²) in [5.41, 5.74) is 4.28. The molecule has 4 heteroatoms. The minimum Gasteiger partial charge on any atom is -0.207 e. The zero-order valence-electron chi connectivity index (χ0n) is 12.0. The van der Waals surface area contributed by atoms with E-state index >= 15 is 0 Å². The average molecular weight is 289 g/mol. The molecule has 0 aliphatic carbocycles. The standard InChI is InChI=1S/C16H19NO2S/c1-12-4-6-16(7-5-12)20(18,19)17-11-15-9-13(2)8-14(3)10-15/h4-10,17H,11H2,1-3H3. The maximum Gasteiger partial charge on any atom is 0.240 e. The van der Waals surface area contributed by atoms with Crippen molar-refractivity contribution in [1.29, 1.82) is 0 Å². The lowest BCUT2D eigenvalue weighted by molar-refractivity contribution is 0.581. The van der Waals surface area contributed by atoms with Crippen LogP contribution in [0.1, 0.15) is 22.3 Å². The van der Waals surface area contributed by atoms with E-state index in [0.717, 1.165) is 22.3 Å². The molecule has 0 aliphatic heterocycles. The van der Waals surface area contributed by atoms with E-state index < -0.39 is 10.0 Å². The van der Waals surface area contributed by atoms with E-state index in [-0.39, 0.29) is 0 Å². The van der Waals surface area contributed by atoms with Crippen LogP contribution < -0.4 is 4.72 Å². The predicted molar refractivity (Wildman–Crippen MR) is 81.1 cm³/mol. The van der Waals surface area contributed by atoms with Crippen molar-refractivity contribution in [2.75, 3.05) is 0 Å². The fourth-order valence-electron chi connectivity index (χ4n) is 2.15. The molecule has 0 spiro atoms. The summed E-state index contributed by atoms with van der Waals surface area (Å²) in [6.45, 7) is 6.24. The van der Waals surface area contributed by atoms with Crippen molar-refractivity contribution in [1.82, 2.24) is 4.72 Å². The van der Waals surface area contributed by atoms with Crippen molar-refractivity contribution >= 4 is 10.0 Å². The zero-order chi connectivity index (χ0) is 14.8. The number of hydrogen-bond donors (Lipinski definition) is 1. The van der Waals surface area contributed by atoms with Crippen LogP contribution in [0.5, 0.6) is 0 Å². The molecule has 3 nitrogen and oxygen atoms in total. The van der Waals surface area contributed by atoms with Gasteiger partial charge in [-0.15, -0.1) is 0 Å². The monoisotopic (exact) mass is 289 g/mol. The zero-order valence-corrected chi connectivity index (χ0v) is 12.8. The molecule has 0 bridgehead atoms. The Hall–Kier alpha value is -1.65. The second-order valence-corrected chi connectivity index (χ2v) is 6.90. The molecule has 0 amide bonds. The van der Waals surface area contributed by atoms with Gasteiger partial charge in [-0.05, 0) is 38.5 Å². The molecular weight excluding hydrogens is 270 g/mol. The number of hydrogen-bond acceptors (Lipinski definition) is 2. The molecule has 2 aromatic rings. The summed E-state index contributed by atoms with van der Waals surface area (Å²) in [6.07, 6.45) is 0. The Morgan fingerprint density at radius 3 is 1.95 bits per heavy atom. The van der Waals surface area contributed by atoms with E-state index in [0.29, 0.717) is 11.4 Å². The van der Waals surface area contributed by atoms with Crippen LogP contribution in [0.3, 0.4) is 0 Å². The molecule has 0 saturated carbocycles. The van der Waals surface area contributed by atoms with E-state index in [1.165, 1.54) is 0 Å². The summed E-state index contributed by atoms with van der Waals surface area (Å²) in [5.74, 6) is 0. The summed E-state index contributed by atoms with van der Waals surface area (Å²) in [4.78, 5) is 0.299. The van der Waals surface area contributed by atoms with Crippen LogP contribution in [0.25, 0.3) is 0 Å². The maximum atomic E-state index is 12.2. The molecule has 0 aromatic heterocycles. The molecule has 0 fully saturated rings. The lowest BCUT2D eigenvalue weighted by atomic mass is 10.1. The Morgan fingerprint density at radius 2 is 1.40 bits per heavy atom. The van der Waals surface area contributed by atoms with E-state index in [1.54, 1.807) is 24.3 Å². The fourth-order valence-corrected chi connectivity index (χ4v) is 3.17. The number of aryl methyl sites for hydroxylation is 3. The van der Waals surface area contributed by atoms with Crippen LogP contribution in [0.4, 0.5) is 0 Å². The van der Waals surface area contributed by atoms with Crippen LogP contribution in [0, 0.1) is 20.8 Å². The van der Waals surface area contributed by atoms with Crippen LogP contribution in [-0.2, 0) is 16.6 Å². The molecule has 2 aromatic carbocycles. The molecule has 2 rings (SSSR count). The molecule has 1 N–H and O–H groups in total. The number of rotatable bonds is 4. The summed E-state index contributed by atoms with van der Waals surface area (Å²) < 4.78 is 27.0. The average Bonchev–Trinajstić information content (AvgIpc) is 2.36. The summed E-state index contributed by atoms with van der Waals surface area (Å²) in [5, 5.41) is 0. The first kappa shape index (κ1) is 14.8. The third-order valence-electron chi connectivity index (χ3n) is 3.08. The number of nitrogens with one attached hydrogen (secondary N) is 1. The van der Waals surface area contributed by atoms with Crippen LogP contribution in [0.15, 0.2) is 47.4 Å². The molecule has 106 valence electrons. The first-order valence-electron chi connectivity index (χ1n) is 6.50. The van der Waals surface area contributed by atoms with Gasteiger partial charge in [0.05, 0.1) is 4.90 Å². The Balaban J connectivity index is 2.15. The second kappa shape index (κ2) is 5.77. The van der Waals surface area contributed by atoms with Crippen molar-refractivity contribution in [2.24, 2.45) is 0 Å². The molecular formula is C16H19NO2S. The van der Waals surface area contributed by atoms with E-state index in [1.807, 2.05) is 32.9 Å².